The van der Waals surface area contributed by atoms with Gasteiger partial charge < -0.3 is 16.4 Å². The van der Waals surface area contributed by atoms with Crippen LogP contribution in [0, 0.1) is 5.92 Å². The maximum atomic E-state index is 12.1. The molecule has 5 heteroatoms. The molecule has 19 heavy (non-hydrogen) atoms. The summed E-state index contributed by atoms with van der Waals surface area (Å²) in [5.41, 5.74) is 5.68. The first-order chi connectivity index (χ1) is 8.70. The van der Waals surface area contributed by atoms with E-state index in [1.807, 2.05) is 20.8 Å². The molecule has 3 atom stereocenters. The molecule has 0 heterocycles. The van der Waals surface area contributed by atoms with Crippen LogP contribution in [0.15, 0.2) is 0 Å². The highest BCUT2D eigenvalue weighted by Gasteiger charge is 2.30. The number of carbonyl (C=O) groups excluding carboxylic acids is 2. The van der Waals surface area contributed by atoms with Crippen LogP contribution in [0.1, 0.15) is 53.4 Å². The number of hydrogen-bond donors (Lipinski definition) is 3. The highest BCUT2D eigenvalue weighted by atomic mass is 16.2. The maximum Gasteiger partial charge on any atom is 0.242 e. The second-order valence-electron chi connectivity index (χ2n) is 6.52. The Morgan fingerprint density at radius 2 is 1.79 bits per heavy atom. The molecule has 0 spiro atoms. The lowest BCUT2D eigenvalue weighted by Crippen LogP contribution is -2.53. The molecule has 0 bridgehead atoms. The third-order valence-electron chi connectivity index (χ3n) is 3.41. The van der Waals surface area contributed by atoms with E-state index in [0.29, 0.717) is 0 Å². The highest BCUT2D eigenvalue weighted by molar-refractivity contribution is 5.88. The lowest BCUT2D eigenvalue weighted by molar-refractivity contribution is -0.132. The SMILES string of the molecule is CC(NC(=O)C1CCCCC1N)C(=O)NC(C)(C)C. The van der Waals surface area contributed by atoms with Crippen LogP contribution in [0.25, 0.3) is 0 Å². The smallest absolute Gasteiger partial charge is 0.242 e. The maximum absolute atomic E-state index is 12.1. The first kappa shape index (κ1) is 16.0. The molecule has 0 aromatic carbocycles. The summed E-state index contributed by atoms with van der Waals surface area (Å²) < 4.78 is 0. The topological polar surface area (TPSA) is 84.2 Å². The molecule has 0 aromatic rings. The number of carbonyl (C=O) groups is 2. The van der Waals surface area contributed by atoms with Gasteiger partial charge in [-0.3, -0.25) is 9.59 Å². The van der Waals surface area contributed by atoms with E-state index in [2.05, 4.69) is 10.6 Å². The van der Waals surface area contributed by atoms with Gasteiger partial charge in [-0.25, -0.2) is 0 Å². The lowest BCUT2D eigenvalue weighted by atomic mass is 9.84. The minimum Gasteiger partial charge on any atom is -0.350 e. The molecule has 0 radical (unpaired) electrons. The van der Waals surface area contributed by atoms with Crippen LogP contribution in [0.4, 0.5) is 0 Å². The summed E-state index contributed by atoms with van der Waals surface area (Å²) in [5, 5.41) is 5.62. The van der Waals surface area contributed by atoms with Crippen molar-refractivity contribution < 1.29 is 9.59 Å². The first-order valence-corrected chi connectivity index (χ1v) is 7.08. The van der Waals surface area contributed by atoms with Crippen molar-refractivity contribution in [2.24, 2.45) is 11.7 Å². The molecule has 0 saturated heterocycles. The van der Waals surface area contributed by atoms with E-state index in [9.17, 15) is 9.59 Å². The molecule has 3 unspecified atom stereocenters. The second kappa shape index (κ2) is 6.37. The minimum atomic E-state index is -0.527. The molecule has 4 N–H and O–H groups in total. The Labute approximate surface area is 115 Å². The van der Waals surface area contributed by atoms with Crippen LogP contribution in [-0.2, 0) is 9.59 Å². The van der Waals surface area contributed by atoms with Gasteiger partial charge in [0.15, 0.2) is 0 Å². The summed E-state index contributed by atoms with van der Waals surface area (Å²) in [6, 6.07) is -0.604. The van der Waals surface area contributed by atoms with Gasteiger partial charge in [0, 0.05) is 11.6 Å². The van der Waals surface area contributed by atoms with E-state index in [1.54, 1.807) is 6.92 Å². The van der Waals surface area contributed by atoms with Gasteiger partial charge >= 0.3 is 0 Å². The molecule has 1 rings (SSSR count). The predicted molar refractivity (Wildman–Crippen MR) is 75.4 cm³/mol. The third kappa shape index (κ3) is 5.19. The fraction of sp³-hybridized carbons (Fsp3) is 0.857. The Morgan fingerprint density at radius 3 is 2.32 bits per heavy atom. The van der Waals surface area contributed by atoms with Gasteiger partial charge in [-0.2, -0.15) is 0 Å². The van der Waals surface area contributed by atoms with E-state index < -0.39 is 6.04 Å². The van der Waals surface area contributed by atoms with Crippen LogP contribution in [0.2, 0.25) is 0 Å². The monoisotopic (exact) mass is 269 g/mol. The van der Waals surface area contributed by atoms with E-state index in [4.69, 9.17) is 5.73 Å². The summed E-state index contributed by atoms with van der Waals surface area (Å²) in [6.07, 6.45) is 3.83. The highest BCUT2D eigenvalue weighted by Crippen LogP contribution is 2.23. The fourth-order valence-electron chi connectivity index (χ4n) is 2.35. The Hall–Kier alpha value is -1.10. The van der Waals surface area contributed by atoms with Crippen LogP contribution in [-0.4, -0.2) is 29.4 Å². The molecule has 5 nitrogen and oxygen atoms in total. The van der Waals surface area contributed by atoms with Crippen LogP contribution >= 0.6 is 0 Å². The first-order valence-electron chi connectivity index (χ1n) is 7.08. The Bertz CT molecular complexity index is 336. The van der Waals surface area contributed by atoms with Crippen LogP contribution in [0.3, 0.4) is 0 Å². The minimum absolute atomic E-state index is 0.0772. The summed E-state index contributed by atoms with van der Waals surface area (Å²) in [4.78, 5) is 24.0. The van der Waals surface area contributed by atoms with Gasteiger partial charge in [0.25, 0.3) is 0 Å². The van der Waals surface area contributed by atoms with Crippen molar-refractivity contribution >= 4 is 11.8 Å². The number of nitrogens with one attached hydrogen (secondary N) is 2. The van der Waals surface area contributed by atoms with Crippen LogP contribution in [0.5, 0.6) is 0 Å². The summed E-state index contributed by atoms with van der Waals surface area (Å²) in [5.74, 6) is -0.410. The number of rotatable bonds is 3. The molecule has 1 aliphatic carbocycles. The molecule has 0 aromatic heterocycles. The number of amides is 2. The zero-order valence-electron chi connectivity index (χ0n) is 12.5. The molecule has 0 aliphatic heterocycles. The average molecular weight is 269 g/mol. The van der Waals surface area contributed by atoms with Crippen molar-refractivity contribution in [2.75, 3.05) is 0 Å². The molecule has 1 fully saturated rings. The van der Waals surface area contributed by atoms with Crippen molar-refractivity contribution in [1.29, 1.82) is 0 Å². The molecule has 1 saturated carbocycles. The van der Waals surface area contributed by atoms with E-state index in [1.165, 1.54) is 0 Å². The van der Waals surface area contributed by atoms with Crippen molar-refractivity contribution in [3.05, 3.63) is 0 Å². The molecular formula is C14H27N3O2. The number of hydrogen-bond acceptors (Lipinski definition) is 3. The Balaban J connectivity index is 2.49. The van der Waals surface area contributed by atoms with Crippen molar-refractivity contribution in [1.82, 2.24) is 10.6 Å². The van der Waals surface area contributed by atoms with E-state index in [0.717, 1.165) is 25.7 Å². The van der Waals surface area contributed by atoms with Crippen LogP contribution < -0.4 is 16.4 Å². The standard InChI is InChI=1S/C14H27N3O2/c1-9(12(18)17-14(2,3)4)16-13(19)10-7-5-6-8-11(10)15/h9-11H,5-8,15H2,1-4H3,(H,16,19)(H,17,18). The van der Waals surface area contributed by atoms with Crippen molar-refractivity contribution in [3.8, 4) is 0 Å². The zero-order valence-corrected chi connectivity index (χ0v) is 12.5. The summed E-state index contributed by atoms with van der Waals surface area (Å²) in [6.45, 7) is 7.44. The van der Waals surface area contributed by atoms with Crippen molar-refractivity contribution in [3.63, 3.8) is 0 Å². The zero-order chi connectivity index (χ0) is 14.6. The second-order valence-corrected chi connectivity index (χ2v) is 6.52. The quantitative estimate of drug-likeness (QED) is 0.712. The Morgan fingerprint density at radius 1 is 1.21 bits per heavy atom. The number of nitrogens with two attached hydrogens (primary N) is 1. The summed E-state index contributed by atoms with van der Waals surface area (Å²) in [7, 11) is 0. The Kier molecular flexibility index (Phi) is 5.35. The van der Waals surface area contributed by atoms with Crippen molar-refractivity contribution in [2.45, 2.75) is 71.0 Å². The molecular weight excluding hydrogens is 242 g/mol. The predicted octanol–water partition coefficient (Wildman–Crippen LogP) is 0.923. The molecule has 1 aliphatic rings. The fourth-order valence-corrected chi connectivity index (χ4v) is 2.35. The summed E-state index contributed by atoms with van der Waals surface area (Å²) >= 11 is 0. The van der Waals surface area contributed by atoms with Gasteiger partial charge in [-0.15, -0.1) is 0 Å². The normalized spacial score (nSPS) is 25.5. The molecule has 110 valence electrons. The lowest BCUT2D eigenvalue weighted by Gasteiger charge is -2.29. The van der Waals surface area contributed by atoms with Gasteiger partial charge in [0.1, 0.15) is 6.04 Å². The van der Waals surface area contributed by atoms with Gasteiger partial charge in [-0.05, 0) is 40.5 Å². The van der Waals surface area contributed by atoms with Gasteiger partial charge in [0.2, 0.25) is 11.8 Å². The largest absolute Gasteiger partial charge is 0.350 e. The van der Waals surface area contributed by atoms with E-state index >= 15 is 0 Å². The average Bonchev–Trinajstić information content (AvgIpc) is 2.27. The third-order valence-corrected chi connectivity index (χ3v) is 3.41. The van der Waals surface area contributed by atoms with E-state index in [-0.39, 0.29) is 29.3 Å². The van der Waals surface area contributed by atoms with Gasteiger partial charge in [-0.1, -0.05) is 12.8 Å². The van der Waals surface area contributed by atoms with Gasteiger partial charge in [0.05, 0.1) is 5.92 Å². The molecule has 2 amide bonds.